The Hall–Kier alpha value is -2.66. The quantitative estimate of drug-likeness (QED) is 0.487. The summed E-state index contributed by atoms with van der Waals surface area (Å²) in [5, 5.41) is 7.61. The van der Waals surface area contributed by atoms with Crippen LogP contribution < -0.4 is 9.47 Å². The standard InChI is InChI=1S/C13H12N4O3/c1-8-10(7-15-17-14)13(16-20-8)9-2-3-11-12(6-9)19-5-4-18-11/h2-3,6H,4-5,7H2,1H3. The van der Waals surface area contributed by atoms with Gasteiger partial charge in [-0.2, -0.15) is 0 Å². The van der Waals surface area contributed by atoms with Crippen molar-refractivity contribution in [1.82, 2.24) is 5.16 Å². The molecule has 1 aromatic heterocycles. The predicted molar refractivity (Wildman–Crippen MR) is 70.5 cm³/mol. The van der Waals surface area contributed by atoms with Crippen LogP contribution in [0.5, 0.6) is 11.5 Å². The largest absolute Gasteiger partial charge is 0.486 e. The number of nitrogens with zero attached hydrogens (tertiary/aromatic N) is 4. The highest BCUT2D eigenvalue weighted by atomic mass is 16.6. The molecule has 0 fully saturated rings. The Bertz CT molecular complexity index is 689. The van der Waals surface area contributed by atoms with E-state index in [1.54, 1.807) is 6.92 Å². The van der Waals surface area contributed by atoms with Gasteiger partial charge in [0.1, 0.15) is 24.7 Å². The van der Waals surface area contributed by atoms with Crippen LogP contribution in [-0.2, 0) is 6.54 Å². The molecule has 3 rings (SSSR count). The van der Waals surface area contributed by atoms with E-state index >= 15 is 0 Å². The SMILES string of the molecule is Cc1onc(-c2ccc3c(c2)OCCO3)c1CN=[N+]=[N-]. The van der Waals surface area contributed by atoms with Gasteiger partial charge in [0.15, 0.2) is 11.5 Å². The predicted octanol–water partition coefficient (Wildman–Crippen LogP) is 3.23. The maximum absolute atomic E-state index is 8.45. The molecule has 0 saturated heterocycles. The molecule has 0 atom stereocenters. The van der Waals surface area contributed by atoms with Crippen molar-refractivity contribution in [2.45, 2.75) is 13.5 Å². The third kappa shape index (κ3) is 2.15. The van der Waals surface area contributed by atoms with Gasteiger partial charge in [0.2, 0.25) is 0 Å². The summed E-state index contributed by atoms with van der Waals surface area (Å²) in [5.74, 6) is 2.04. The van der Waals surface area contributed by atoms with Crippen LogP contribution >= 0.6 is 0 Å². The second-order valence-electron chi connectivity index (χ2n) is 4.31. The van der Waals surface area contributed by atoms with Gasteiger partial charge in [-0.1, -0.05) is 10.3 Å². The third-order valence-corrected chi connectivity index (χ3v) is 3.09. The molecule has 2 heterocycles. The zero-order valence-corrected chi connectivity index (χ0v) is 10.9. The van der Waals surface area contributed by atoms with Crippen LogP contribution in [0.15, 0.2) is 27.8 Å². The Labute approximate surface area is 114 Å². The van der Waals surface area contributed by atoms with Gasteiger partial charge in [0.25, 0.3) is 0 Å². The topological polar surface area (TPSA) is 93.3 Å². The van der Waals surface area contributed by atoms with Crippen molar-refractivity contribution in [3.63, 3.8) is 0 Å². The van der Waals surface area contributed by atoms with Gasteiger partial charge in [-0.15, -0.1) is 0 Å². The van der Waals surface area contributed by atoms with Crippen molar-refractivity contribution in [3.05, 3.63) is 40.0 Å². The average Bonchev–Trinajstić information content (AvgIpc) is 2.85. The number of aromatic nitrogens is 1. The first-order chi connectivity index (χ1) is 9.79. The first-order valence-corrected chi connectivity index (χ1v) is 6.15. The Morgan fingerprint density at radius 2 is 2.10 bits per heavy atom. The molecule has 0 radical (unpaired) electrons. The van der Waals surface area contributed by atoms with E-state index in [4.69, 9.17) is 19.5 Å². The minimum Gasteiger partial charge on any atom is -0.486 e. The summed E-state index contributed by atoms with van der Waals surface area (Å²) in [4.78, 5) is 2.77. The minimum atomic E-state index is 0.204. The van der Waals surface area contributed by atoms with Gasteiger partial charge >= 0.3 is 0 Å². The first-order valence-electron chi connectivity index (χ1n) is 6.15. The molecule has 20 heavy (non-hydrogen) atoms. The van der Waals surface area contributed by atoms with Gasteiger partial charge in [-0.05, 0) is 30.7 Å². The molecular formula is C13H12N4O3. The van der Waals surface area contributed by atoms with Gasteiger partial charge in [-0.25, -0.2) is 0 Å². The lowest BCUT2D eigenvalue weighted by Crippen LogP contribution is -2.15. The van der Waals surface area contributed by atoms with Crippen molar-refractivity contribution in [3.8, 4) is 22.8 Å². The number of hydrogen-bond donors (Lipinski definition) is 0. The minimum absolute atomic E-state index is 0.204. The maximum Gasteiger partial charge on any atom is 0.162 e. The summed E-state index contributed by atoms with van der Waals surface area (Å²) in [6.07, 6.45) is 0. The summed E-state index contributed by atoms with van der Waals surface area (Å²) in [6, 6.07) is 5.57. The third-order valence-electron chi connectivity index (χ3n) is 3.09. The molecule has 7 heteroatoms. The number of benzene rings is 1. The Morgan fingerprint density at radius 1 is 1.30 bits per heavy atom. The second-order valence-corrected chi connectivity index (χ2v) is 4.31. The average molecular weight is 272 g/mol. The zero-order valence-electron chi connectivity index (χ0n) is 10.9. The van der Waals surface area contributed by atoms with E-state index in [9.17, 15) is 0 Å². The van der Waals surface area contributed by atoms with Gasteiger partial charge in [0, 0.05) is 16.0 Å². The van der Waals surface area contributed by atoms with Gasteiger partial charge < -0.3 is 14.0 Å². The molecule has 1 aliphatic rings. The zero-order chi connectivity index (χ0) is 13.9. The Kier molecular flexibility index (Phi) is 3.18. The molecule has 0 bridgehead atoms. The van der Waals surface area contributed by atoms with Crippen LogP contribution in [0.2, 0.25) is 0 Å². The molecule has 0 unspecified atom stereocenters. The van der Waals surface area contributed by atoms with E-state index in [-0.39, 0.29) is 6.54 Å². The van der Waals surface area contributed by atoms with Gasteiger partial charge in [-0.3, -0.25) is 0 Å². The summed E-state index contributed by atoms with van der Waals surface area (Å²) >= 11 is 0. The van der Waals surface area contributed by atoms with Crippen molar-refractivity contribution in [2.24, 2.45) is 5.11 Å². The van der Waals surface area contributed by atoms with E-state index < -0.39 is 0 Å². The lowest BCUT2D eigenvalue weighted by atomic mass is 10.1. The molecule has 0 saturated carbocycles. The summed E-state index contributed by atoms with van der Waals surface area (Å²) in [7, 11) is 0. The van der Waals surface area contributed by atoms with Crippen LogP contribution in [0.1, 0.15) is 11.3 Å². The Balaban J connectivity index is 2.02. The molecule has 2 aromatic rings. The lowest BCUT2D eigenvalue weighted by Gasteiger charge is -2.18. The highest BCUT2D eigenvalue weighted by Gasteiger charge is 2.17. The summed E-state index contributed by atoms with van der Waals surface area (Å²) in [6.45, 7) is 3.07. The number of azide groups is 1. The van der Waals surface area contributed by atoms with Crippen molar-refractivity contribution in [1.29, 1.82) is 0 Å². The van der Waals surface area contributed by atoms with Crippen molar-refractivity contribution < 1.29 is 14.0 Å². The van der Waals surface area contributed by atoms with E-state index in [0.29, 0.717) is 30.4 Å². The number of aryl methyl sites for hydroxylation is 1. The van der Waals surface area contributed by atoms with Crippen molar-refractivity contribution >= 4 is 0 Å². The summed E-state index contributed by atoms with van der Waals surface area (Å²) in [5.41, 5.74) is 10.7. The number of ether oxygens (including phenoxy) is 2. The van der Waals surface area contributed by atoms with Crippen LogP contribution in [0.4, 0.5) is 0 Å². The molecule has 0 aliphatic carbocycles. The maximum atomic E-state index is 8.45. The molecule has 0 amide bonds. The van der Waals surface area contributed by atoms with Gasteiger partial charge in [0.05, 0.1) is 6.54 Å². The van der Waals surface area contributed by atoms with Crippen molar-refractivity contribution in [2.75, 3.05) is 13.2 Å². The van der Waals surface area contributed by atoms with E-state index in [0.717, 1.165) is 16.9 Å². The fourth-order valence-electron chi connectivity index (χ4n) is 2.10. The first kappa shape index (κ1) is 12.4. The molecule has 1 aliphatic heterocycles. The number of rotatable bonds is 3. The number of hydrogen-bond acceptors (Lipinski definition) is 5. The lowest BCUT2D eigenvalue weighted by molar-refractivity contribution is 0.171. The summed E-state index contributed by atoms with van der Waals surface area (Å²) < 4.78 is 16.2. The second kappa shape index (κ2) is 5.14. The van der Waals surface area contributed by atoms with E-state index in [1.165, 1.54) is 0 Å². The fourth-order valence-corrected chi connectivity index (χ4v) is 2.10. The van der Waals surface area contributed by atoms with Crippen LogP contribution in [0.3, 0.4) is 0 Å². The molecule has 1 aromatic carbocycles. The Morgan fingerprint density at radius 3 is 2.90 bits per heavy atom. The molecule has 0 spiro atoms. The monoisotopic (exact) mass is 272 g/mol. The number of fused-ring (bicyclic) bond motifs is 1. The van der Waals surface area contributed by atoms with E-state index in [1.807, 2.05) is 18.2 Å². The van der Waals surface area contributed by atoms with Crippen LogP contribution in [0, 0.1) is 6.92 Å². The molecular weight excluding hydrogens is 260 g/mol. The molecule has 0 N–H and O–H groups in total. The van der Waals surface area contributed by atoms with E-state index in [2.05, 4.69) is 15.2 Å². The smallest absolute Gasteiger partial charge is 0.162 e. The molecule has 102 valence electrons. The highest BCUT2D eigenvalue weighted by molar-refractivity contribution is 5.67. The van der Waals surface area contributed by atoms with Crippen LogP contribution in [-0.4, -0.2) is 18.4 Å². The molecule has 7 nitrogen and oxygen atoms in total. The highest BCUT2D eigenvalue weighted by Crippen LogP contribution is 2.35. The fraction of sp³-hybridized carbons (Fsp3) is 0.308. The normalized spacial score (nSPS) is 12.8. The van der Waals surface area contributed by atoms with Crippen LogP contribution in [0.25, 0.3) is 21.7 Å².